The minimum Gasteiger partial charge on any atom is -0.507 e. The topological polar surface area (TPSA) is 83.4 Å². The van der Waals surface area contributed by atoms with Crippen molar-refractivity contribution in [3.05, 3.63) is 30.5 Å². The van der Waals surface area contributed by atoms with Crippen molar-refractivity contribution < 1.29 is 13.5 Å². The summed E-state index contributed by atoms with van der Waals surface area (Å²) in [6, 6.07) is 6.68. The fraction of sp³-hybridized carbons (Fsp3) is 0.333. The third kappa shape index (κ3) is 3.19. The van der Waals surface area contributed by atoms with Gasteiger partial charge in [-0.3, -0.25) is 0 Å². The Morgan fingerprint density at radius 1 is 1.23 bits per heavy atom. The van der Waals surface area contributed by atoms with Gasteiger partial charge < -0.3 is 10.0 Å². The second-order valence-electron chi connectivity index (χ2n) is 5.11. The van der Waals surface area contributed by atoms with E-state index >= 15 is 0 Å². The van der Waals surface area contributed by atoms with Crippen molar-refractivity contribution in [1.82, 2.24) is 9.97 Å². The Labute approximate surface area is 130 Å². The van der Waals surface area contributed by atoms with Crippen LogP contribution >= 0.6 is 0 Å². The summed E-state index contributed by atoms with van der Waals surface area (Å²) < 4.78 is 24.6. The lowest BCUT2D eigenvalue weighted by molar-refractivity contribution is 0.477. The number of anilines is 1. The Morgan fingerprint density at radius 3 is 2.50 bits per heavy atom. The van der Waals surface area contributed by atoms with Crippen LogP contribution in [0.25, 0.3) is 11.4 Å². The van der Waals surface area contributed by atoms with Gasteiger partial charge in [0.25, 0.3) is 0 Å². The van der Waals surface area contributed by atoms with E-state index < -0.39 is 9.84 Å². The molecule has 2 rings (SSSR count). The lowest BCUT2D eigenvalue weighted by atomic mass is 10.2. The molecule has 1 aromatic carbocycles. The molecule has 22 heavy (non-hydrogen) atoms. The van der Waals surface area contributed by atoms with Gasteiger partial charge in [-0.1, -0.05) is 19.1 Å². The van der Waals surface area contributed by atoms with Gasteiger partial charge in [-0.05, 0) is 18.6 Å². The smallest absolute Gasteiger partial charge is 0.183 e. The van der Waals surface area contributed by atoms with Gasteiger partial charge in [-0.15, -0.1) is 0 Å². The molecule has 1 aromatic heterocycles. The molecule has 0 radical (unpaired) electrons. The summed E-state index contributed by atoms with van der Waals surface area (Å²) >= 11 is 0. The van der Waals surface area contributed by atoms with Gasteiger partial charge in [0.15, 0.2) is 21.5 Å². The maximum atomic E-state index is 12.3. The van der Waals surface area contributed by atoms with Crippen LogP contribution in [0.1, 0.15) is 13.3 Å². The van der Waals surface area contributed by atoms with Gasteiger partial charge >= 0.3 is 0 Å². The molecule has 1 N–H and O–H groups in total. The van der Waals surface area contributed by atoms with Gasteiger partial charge in [-0.25, -0.2) is 18.4 Å². The third-order valence-electron chi connectivity index (χ3n) is 3.11. The summed E-state index contributed by atoms with van der Waals surface area (Å²) in [5.41, 5.74) is 0.463. The highest BCUT2D eigenvalue weighted by molar-refractivity contribution is 7.91. The number of hydrogen-bond donors (Lipinski definition) is 1. The number of nitrogens with zero attached hydrogens (tertiary/aromatic N) is 3. The van der Waals surface area contributed by atoms with Crippen LogP contribution < -0.4 is 4.90 Å². The summed E-state index contributed by atoms with van der Waals surface area (Å²) in [4.78, 5) is 10.2. The molecule has 1 heterocycles. The summed E-state index contributed by atoms with van der Waals surface area (Å²) in [6.07, 6.45) is 1.84. The molecule has 0 saturated carbocycles. The molecule has 0 unspecified atom stereocenters. The zero-order valence-corrected chi connectivity index (χ0v) is 13.6. The molecule has 0 spiro atoms. The monoisotopic (exact) mass is 321 g/mol. The number of sulfone groups is 1. The second kappa shape index (κ2) is 6.31. The average molecular weight is 321 g/mol. The number of rotatable bonds is 5. The minimum atomic E-state index is -3.42. The average Bonchev–Trinajstić information content (AvgIpc) is 2.47. The van der Waals surface area contributed by atoms with Crippen molar-refractivity contribution in [2.75, 3.05) is 24.7 Å². The van der Waals surface area contributed by atoms with Gasteiger partial charge in [0.1, 0.15) is 10.6 Å². The van der Waals surface area contributed by atoms with Crippen LogP contribution in [0.5, 0.6) is 5.75 Å². The molecule has 6 nitrogen and oxygen atoms in total. The highest BCUT2D eigenvalue weighted by atomic mass is 32.2. The second-order valence-corrected chi connectivity index (χ2v) is 7.19. The van der Waals surface area contributed by atoms with Crippen molar-refractivity contribution in [3.63, 3.8) is 0 Å². The first-order chi connectivity index (χ1) is 10.4. The standard InChI is InChI=1S/C15H19N3O3S/c1-4-9-22(20,21)13-10-16-14(17-15(13)18(2)3)11-7-5-6-8-12(11)19/h5-8,10,19H,4,9H2,1-3H3. The SMILES string of the molecule is CCCS(=O)(=O)c1cnc(-c2ccccc2O)nc1N(C)C. The molecule has 2 aromatic rings. The van der Waals surface area contributed by atoms with E-state index in [2.05, 4.69) is 9.97 Å². The molecular formula is C15H19N3O3S. The first-order valence-corrected chi connectivity index (χ1v) is 8.57. The maximum Gasteiger partial charge on any atom is 0.183 e. The molecule has 0 saturated heterocycles. The molecule has 0 fully saturated rings. The fourth-order valence-electron chi connectivity index (χ4n) is 2.07. The van der Waals surface area contributed by atoms with E-state index in [0.717, 1.165) is 0 Å². The van der Waals surface area contributed by atoms with E-state index in [1.165, 1.54) is 12.3 Å². The number of para-hydroxylation sites is 1. The minimum absolute atomic E-state index is 0.0487. The Bertz CT molecular complexity index is 773. The largest absolute Gasteiger partial charge is 0.507 e. The first-order valence-electron chi connectivity index (χ1n) is 6.92. The molecule has 0 atom stereocenters. The Hall–Kier alpha value is -2.15. The van der Waals surface area contributed by atoms with E-state index in [0.29, 0.717) is 17.8 Å². The van der Waals surface area contributed by atoms with Crippen LogP contribution in [0.2, 0.25) is 0 Å². The maximum absolute atomic E-state index is 12.3. The van der Waals surface area contributed by atoms with Crippen LogP contribution in [0, 0.1) is 0 Å². The van der Waals surface area contributed by atoms with Crippen LogP contribution in [0.15, 0.2) is 35.4 Å². The normalized spacial score (nSPS) is 11.4. The Balaban J connectivity index is 2.61. The number of phenols is 1. The van der Waals surface area contributed by atoms with Crippen LogP contribution in [-0.4, -0.2) is 43.3 Å². The molecular weight excluding hydrogens is 302 g/mol. The third-order valence-corrected chi connectivity index (χ3v) is 5.02. The van der Waals surface area contributed by atoms with E-state index in [9.17, 15) is 13.5 Å². The number of benzene rings is 1. The van der Waals surface area contributed by atoms with Crippen LogP contribution in [0.3, 0.4) is 0 Å². The molecule has 0 aliphatic heterocycles. The lowest BCUT2D eigenvalue weighted by Crippen LogP contribution is -2.18. The van der Waals surface area contributed by atoms with E-state index in [1.807, 2.05) is 6.92 Å². The van der Waals surface area contributed by atoms with Gasteiger partial charge in [-0.2, -0.15) is 0 Å². The summed E-state index contributed by atoms with van der Waals surface area (Å²) in [6.45, 7) is 1.81. The summed E-state index contributed by atoms with van der Waals surface area (Å²) in [7, 11) is 0.0240. The molecule has 0 amide bonds. The van der Waals surface area contributed by atoms with Crippen molar-refractivity contribution in [2.45, 2.75) is 18.2 Å². The fourth-order valence-corrected chi connectivity index (χ4v) is 3.55. The molecule has 0 bridgehead atoms. The Morgan fingerprint density at radius 2 is 1.91 bits per heavy atom. The Kier molecular flexibility index (Phi) is 4.65. The number of phenolic OH excluding ortho intramolecular Hbond substituents is 1. The molecule has 0 aliphatic carbocycles. The predicted octanol–water partition coefficient (Wildman–Crippen LogP) is 2.10. The highest BCUT2D eigenvalue weighted by Crippen LogP contribution is 2.29. The van der Waals surface area contributed by atoms with Crippen LogP contribution in [-0.2, 0) is 9.84 Å². The first kappa shape index (κ1) is 16.2. The zero-order valence-electron chi connectivity index (χ0n) is 12.8. The highest BCUT2D eigenvalue weighted by Gasteiger charge is 2.22. The van der Waals surface area contributed by atoms with Gasteiger partial charge in [0.05, 0.1) is 17.5 Å². The van der Waals surface area contributed by atoms with E-state index in [4.69, 9.17) is 0 Å². The quantitative estimate of drug-likeness (QED) is 0.908. The van der Waals surface area contributed by atoms with Crippen LogP contribution in [0.4, 0.5) is 5.82 Å². The number of aromatic hydroxyl groups is 1. The molecule has 0 aliphatic rings. The van der Waals surface area contributed by atoms with Crippen molar-refractivity contribution >= 4 is 15.7 Å². The number of aromatic nitrogens is 2. The van der Waals surface area contributed by atoms with E-state index in [1.54, 1.807) is 37.2 Å². The number of hydrogen-bond acceptors (Lipinski definition) is 6. The van der Waals surface area contributed by atoms with Crippen molar-refractivity contribution in [3.8, 4) is 17.1 Å². The van der Waals surface area contributed by atoms with E-state index in [-0.39, 0.29) is 22.2 Å². The summed E-state index contributed by atoms with van der Waals surface area (Å²) in [5.74, 6) is 0.711. The van der Waals surface area contributed by atoms with Gasteiger partial charge in [0, 0.05) is 14.1 Å². The molecule has 7 heteroatoms. The lowest BCUT2D eigenvalue weighted by Gasteiger charge is -2.17. The predicted molar refractivity (Wildman–Crippen MR) is 85.8 cm³/mol. The van der Waals surface area contributed by atoms with Gasteiger partial charge in [0.2, 0.25) is 0 Å². The summed E-state index contributed by atoms with van der Waals surface area (Å²) in [5, 5.41) is 9.89. The van der Waals surface area contributed by atoms with Crippen molar-refractivity contribution in [1.29, 1.82) is 0 Å². The molecule has 118 valence electrons. The zero-order chi connectivity index (χ0) is 16.3. The van der Waals surface area contributed by atoms with Crippen molar-refractivity contribution in [2.24, 2.45) is 0 Å².